The molecule has 0 radical (unpaired) electrons. The molecule has 0 spiro atoms. The number of rotatable bonds is 5. The molecule has 1 saturated heterocycles. The Balaban J connectivity index is 0.00000312. The summed E-state index contributed by atoms with van der Waals surface area (Å²) >= 11 is 5.32. The SMILES string of the molecule is CCC1CN(C(=NC)NCCS(=O)(=O)c2ccc(Br)cc2)CCS1.I. The number of thioether (sulfide) groups is 1. The summed E-state index contributed by atoms with van der Waals surface area (Å²) in [5.74, 6) is 1.92. The van der Waals surface area contributed by atoms with Crippen molar-refractivity contribution in [2.24, 2.45) is 4.99 Å². The van der Waals surface area contributed by atoms with Crippen molar-refractivity contribution in [1.82, 2.24) is 10.2 Å². The van der Waals surface area contributed by atoms with Gasteiger partial charge >= 0.3 is 0 Å². The minimum absolute atomic E-state index is 0. The van der Waals surface area contributed by atoms with E-state index < -0.39 is 9.84 Å². The second kappa shape index (κ2) is 11.0. The molecule has 0 bridgehead atoms. The van der Waals surface area contributed by atoms with Gasteiger partial charge in [-0.3, -0.25) is 4.99 Å². The number of guanidine groups is 1. The van der Waals surface area contributed by atoms with E-state index in [4.69, 9.17) is 0 Å². The number of aliphatic imine (C=N–C) groups is 1. The number of benzene rings is 1. The maximum absolute atomic E-state index is 12.4. The van der Waals surface area contributed by atoms with Gasteiger partial charge in [-0.15, -0.1) is 24.0 Å². The Morgan fingerprint density at radius 2 is 2.08 bits per heavy atom. The van der Waals surface area contributed by atoms with Crippen LogP contribution in [0.3, 0.4) is 0 Å². The summed E-state index contributed by atoms with van der Waals surface area (Å²) in [6.45, 7) is 4.45. The molecule has 1 aromatic rings. The van der Waals surface area contributed by atoms with Gasteiger partial charge in [-0.25, -0.2) is 8.42 Å². The number of hydrogen-bond donors (Lipinski definition) is 1. The van der Waals surface area contributed by atoms with Gasteiger partial charge in [0.2, 0.25) is 0 Å². The lowest BCUT2D eigenvalue weighted by molar-refractivity contribution is 0.409. The van der Waals surface area contributed by atoms with Crippen LogP contribution in [0.15, 0.2) is 38.6 Å². The first-order chi connectivity index (χ1) is 11.5. The van der Waals surface area contributed by atoms with Crippen LogP contribution in [0, 0.1) is 0 Å². The standard InChI is InChI=1S/C16H24BrN3O2S2.HI/c1-3-14-12-20(9-10-23-14)16(18-2)19-8-11-24(21,22)15-6-4-13(17)5-7-15;/h4-7,14H,3,8-12H2,1-2H3,(H,18,19);1H. The molecule has 1 fully saturated rings. The zero-order valence-electron chi connectivity index (χ0n) is 14.4. The summed E-state index contributed by atoms with van der Waals surface area (Å²) in [5, 5.41) is 3.81. The second-order valence-electron chi connectivity index (χ2n) is 5.59. The van der Waals surface area contributed by atoms with Crippen LogP contribution >= 0.6 is 51.7 Å². The van der Waals surface area contributed by atoms with Crippen molar-refractivity contribution in [3.05, 3.63) is 28.7 Å². The average Bonchev–Trinajstić information content (AvgIpc) is 2.59. The van der Waals surface area contributed by atoms with Crippen molar-refractivity contribution in [1.29, 1.82) is 0 Å². The zero-order chi connectivity index (χ0) is 17.6. The summed E-state index contributed by atoms with van der Waals surface area (Å²) in [5.41, 5.74) is 0. The molecule has 5 nitrogen and oxygen atoms in total. The molecular weight excluding hydrogens is 537 g/mol. The van der Waals surface area contributed by atoms with Crippen molar-refractivity contribution >= 4 is 67.5 Å². The Labute approximate surface area is 180 Å². The lowest BCUT2D eigenvalue weighted by Gasteiger charge is -2.34. The van der Waals surface area contributed by atoms with Crippen molar-refractivity contribution in [3.8, 4) is 0 Å². The first-order valence-corrected chi connectivity index (χ1v) is 11.5. The zero-order valence-corrected chi connectivity index (χ0v) is 20.0. The van der Waals surface area contributed by atoms with E-state index in [9.17, 15) is 8.42 Å². The van der Waals surface area contributed by atoms with Crippen molar-refractivity contribution < 1.29 is 8.42 Å². The summed E-state index contributed by atoms with van der Waals surface area (Å²) in [6, 6.07) is 6.74. The lowest BCUT2D eigenvalue weighted by atomic mass is 10.3. The van der Waals surface area contributed by atoms with Crippen molar-refractivity contribution in [2.75, 3.05) is 38.2 Å². The minimum atomic E-state index is -3.29. The van der Waals surface area contributed by atoms with E-state index in [1.807, 2.05) is 11.8 Å². The predicted octanol–water partition coefficient (Wildman–Crippen LogP) is 3.24. The monoisotopic (exact) mass is 561 g/mol. The Kier molecular flexibility index (Phi) is 10.1. The molecule has 25 heavy (non-hydrogen) atoms. The van der Waals surface area contributed by atoms with Crippen LogP contribution in [0.4, 0.5) is 0 Å². The van der Waals surface area contributed by atoms with Gasteiger partial charge in [0.25, 0.3) is 0 Å². The molecule has 1 atom stereocenters. The third kappa shape index (κ3) is 6.91. The Morgan fingerprint density at radius 3 is 2.68 bits per heavy atom. The topological polar surface area (TPSA) is 61.8 Å². The van der Waals surface area contributed by atoms with Crippen LogP contribution in [0.2, 0.25) is 0 Å². The maximum atomic E-state index is 12.4. The second-order valence-corrected chi connectivity index (χ2v) is 10.0. The highest BCUT2D eigenvalue weighted by Gasteiger charge is 2.22. The van der Waals surface area contributed by atoms with Gasteiger partial charge < -0.3 is 10.2 Å². The first kappa shape index (κ1) is 23.0. The number of sulfone groups is 1. The van der Waals surface area contributed by atoms with Gasteiger partial charge in [0, 0.05) is 42.2 Å². The van der Waals surface area contributed by atoms with Gasteiger partial charge in [0.05, 0.1) is 10.6 Å². The van der Waals surface area contributed by atoms with E-state index in [1.54, 1.807) is 31.3 Å². The van der Waals surface area contributed by atoms with Gasteiger partial charge in [-0.05, 0) is 30.7 Å². The minimum Gasteiger partial charge on any atom is -0.355 e. The molecule has 0 saturated carbocycles. The van der Waals surface area contributed by atoms with E-state index in [0.717, 1.165) is 35.7 Å². The molecule has 1 aromatic carbocycles. The third-order valence-electron chi connectivity index (χ3n) is 3.93. The fraction of sp³-hybridized carbons (Fsp3) is 0.562. The van der Waals surface area contributed by atoms with E-state index >= 15 is 0 Å². The van der Waals surface area contributed by atoms with Crippen LogP contribution < -0.4 is 5.32 Å². The van der Waals surface area contributed by atoms with Crippen LogP contribution in [0.25, 0.3) is 0 Å². The molecule has 1 N–H and O–H groups in total. The number of hydrogen-bond acceptors (Lipinski definition) is 4. The molecule has 2 rings (SSSR count). The summed E-state index contributed by atoms with van der Waals surface area (Å²) in [7, 11) is -1.54. The summed E-state index contributed by atoms with van der Waals surface area (Å²) < 4.78 is 25.6. The van der Waals surface area contributed by atoms with Gasteiger partial charge in [0.15, 0.2) is 15.8 Å². The van der Waals surface area contributed by atoms with Crippen LogP contribution in [-0.4, -0.2) is 62.7 Å². The van der Waals surface area contributed by atoms with Gasteiger partial charge in [0.1, 0.15) is 0 Å². The molecule has 0 aromatic heterocycles. The van der Waals surface area contributed by atoms with Crippen molar-refractivity contribution in [3.63, 3.8) is 0 Å². The normalized spacial score (nSPS) is 18.6. The maximum Gasteiger partial charge on any atom is 0.193 e. The molecule has 1 unspecified atom stereocenters. The highest BCUT2D eigenvalue weighted by atomic mass is 127. The number of nitrogens with one attached hydrogen (secondary N) is 1. The molecule has 9 heteroatoms. The lowest BCUT2D eigenvalue weighted by Crippen LogP contribution is -2.48. The fourth-order valence-electron chi connectivity index (χ4n) is 2.55. The number of halogens is 2. The quantitative estimate of drug-likeness (QED) is 0.340. The summed E-state index contributed by atoms with van der Waals surface area (Å²) in [4.78, 5) is 6.87. The fourth-order valence-corrected chi connectivity index (χ4v) is 5.15. The highest BCUT2D eigenvalue weighted by molar-refractivity contribution is 14.0. The Bertz CT molecular complexity index is 668. The first-order valence-electron chi connectivity index (χ1n) is 8.01. The third-order valence-corrected chi connectivity index (χ3v) is 7.56. The molecule has 142 valence electrons. The Hall–Kier alpha value is 0.000000000000000111. The van der Waals surface area contributed by atoms with Crippen LogP contribution in [-0.2, 0) is 9.84 Å². The molecular formula is C16H25BrIN3O2S2. The average molecular weight is 562 g/mol. The smallest absolute Gasteiger partial charge is 0.193 e. The molecule has 1 aliphatic rings. The van der Waals surface area contributed by atoms with E-state index in [2.05, 4.69) is 38.1 Å². The molecule has 1 aliphatic heterocycles. The molecule has 0 aliphatic carbocycles. The molecule has 0 amide bonds. The van der Waals surface area contributed by atoms with E-state index in [-0.39, 0.29) is 29.7 Å². The number of nitrogens with zero attached hydrogens (tertiary/aromatic N) is 2. The Morgan fingerprint density at radius 1 is 1.40 bits per heavy atom. The van der Waals surface area contributed by atoms with Crippen LogP contribution in [0.1, 0.15) is 13.3 Å². The largest absolute Gasteiger partial charge is 0.355 e. The predicted molar refractivity (Wildman–Crippen MR) is 121 cm³/mol. The van der Waals surface area contributed by atoms with E-state index in [0.29, 0.717) is 16.7 Å². The highest BCUT2D eigenvalue weighted by Crippen LogP contribution is 2.21. The molecule has 1 heterocycles. The van der Waals surface area contributed by atoms with Crippen molar-refractivity contribution in [2.45, 2.75) is 23.5 Å². The van der Waals surface area contributed by atoms with Crippen LogP contribution in [0.5, 0.6) is 0 Å². The summed E-state index contributed by atoms with van der Waals surface area (Å²) in [6.07, 6.45) is 1.14. The van der Waals surface area contributed by atoms with E-state index in [1.165, 1.54) is 0 Å². The van der Waals surface area contributed by atoms with Gasteiger partial charge in [-0.2, -0.15) is 11.8 Å². The van der Waals surface area contributed by atoms with Gasteiger partial charge in [-0.1, -0.05) is 22.9 Å².